The Morgan fingerprint density at radius 2 is 0.833 bits per heavy atom. The highest BCUT2D eigenvalue weighted by molar-refractivity contribution is 7.91. The van der Waals surface area contributed by atoms with Gasteiger partial charge in [0, 0.05) is 0 Å². The largest absolute Gasteiger partial charge is 0.369 e. The summed E-state index contributed by atoms with van der Waals surface area (Å²) < 4.78 is 64.7. The summed E-state index contributed by atoms with van der Waals surface area (Å²) in [4.78, 5) is 0.801. The second kappa shape index (κ2) is 7.43. The van der Waals surface area contributed by atoms with Crippen LogP contribution in [0.3, 0.4) is 0 Å². The van der Waals surface area contributed by atoms with Crippen molar-refractivity contribution in [2.45, 2.75) is 47.0 Å². The Labute approximate surface area is 212 Å². The first-order chi connectivity index (χ1) is 17.4. The topological polar surface area (TPSA) is 93.3 Å². The van der Waals surface area contributed by atoms with E-state index in [4.69, 9.17) is 9.47 Å². The van der Waals surface area contributed by atoms with Gasteiger partial charge in [-0.05, 0) is 84.5 Å². The molecule has 0 bridgehead atoms. The van der Waals surface area contributed by atoms with Gasteiger partial charge in [-0.25, -0.2) is 16.8 Å². The summed E-state index contributed by atoms with van der Waals surface area (Å²) >= 11 is 0. The molecule has 0 aromatic heterocycles. The van der Waals surface area contributed by atoms with Gasteiger partial charge in [-0.1, -0.05) is 36.4 Å². The van der Waals surface area contributed by atoms with Crippen LogP contribution >= 0.6 is 0 Å². The maximum absolute atomic E-state index is 13.1. The fraction of sp³-hybridized carbons (Fsp3) is 0.571. The molecule has 4 saturated carbocycles. The molecule has 2 aromatic rings. The SMILES string of the molecule is O=S(=O)(CCC1[C@@H]2C3C4[C@@H](C(CCS(=O)(=O)c5ccccc5)[C@@H]3[C@@H]3O[C@H]23)[C@H]2O[C@H]2[C@@H]14)c1ccccc1. The molecule has 8 rings (SSSR count). The first-order valence-electron chi connectivity index (χ1n) is 13.2. The Hall–Kier alpha value is -1.74. The van der Waals surface area contributed by atoms with Gasteiger partial charge in [0.2, 0.25) is 0 Å². The molecule has 4 unspecified atom stereocenters. The Balaban J connectivity index is 1.04. The van der Waals surface area contributed by atoms with Gasteiger partial charge in [-0.3, -0.25) is 0 Å². The number of benzene rings is 2. The lowest BCUT2D eigenvalue weighted by molar-refractivity contribution is 0.106. The van der Waals surface area contributed by atoms with Gasteiger partial charge in [0.1, 0.15) is 0 Å². The molecular weight excluding hydrogens is 496 g/mol. The monoisotopic (exact) mass is 526 g/mol. The van der Waals surface area contributed by atoms with Gasteiger partial charge in [-0.2, -0.15) is 0 Å². The summed E-state index contributed by atoms with van der Waals surface area (Å²) in [6.07, 6.45) is 2.21. The molecule has 2 aliphatic heterocycles. The van der Waals surface area contributed by atoms with Gasteiger partial charge >= 0.3 is 0 Å². The first-order valence-corrected chi connectivity index (χ1v) is 16.5. The van der Waals surface area contributed by atoms with Crippen LogP contribution in [0.1, 0.15) is 12.8 Å². The lowest BCUT2D eigenvalue weighted by Crippen LogP contribution is -2.28. The molecule has 36 heavy (non-hydrogen) atoms. The second-order valence-corrected chi connectivity index (χ2v) is 16.0. The lowest BCUT2D eigenvalue weighted by atomic mass is 9.81. The van der Waals surface area contributed by atoms with Crippen molar-refractivity contribution in [1.82, 2.24) is 0 Å². The molecule has 8 heteroatoms. The van der Waals surface area contributed by atoms with Crippen LogP contribution in [0.2, 0.25) is 0 Å². The zero-order valence-corrected chi connectivity index (χ0v) is 21.4. The summed E-state index contributed by atoms with van der Waals surface area (Å²) in [6.45, 7) is 0. The van der Waals surface area contributed by atoms with Crippen molar-refractivity contribution < 1.29 is 26.3 Å². The minimum atomic E-state index is -3.33. The molecule has 0 N–H and O–H groups in total. The van der Waals surface area contributed by atoms with Gasteiger partial charge in [0.25, 0.3) is 0 Å². The molecule has 0 amide bonds. The predicted octanol–water partition coefficient (Wildman–Crippen LogP) is 3.23. The number of hydrogen-bond acceptors (Lipinski definition) is 6. The average molecular weight is 527 g/mol. The number of hydrogen-bond donors (Lipinski definition) is 0. The summed E-state index contributed by atoms with van der Waals surface area (Å²) in [6, 6.07) is 17.5. The van der Waals surface area contributed by atoms with E-state index in [1.807, 2.05) is 12.1 Å². The third-order valence-corrected chi connectivity index (χ3v) is 14.0. The van der Waals surface area contributed by atoms with Crippen molar-refractivity contribution in [3.05, 3.63) is 60.7 Å². The molecule has 6 aliphatic rings. The molecule has 2 aromatic carbocycles. The standard InChI is InChI=1S/C28H30O6S2/c29-35(30,15-7-3-1-4-8-15)13-11-17-19-23-21(27-25(19)33-27)18(22-24(23)20(17)26-28(22)34-26)12-14-36(31,32)16-9-5-2-6-10-16/h1-10,17-28H,11-14H2/t17?,18?,19-,20+,21+,22-,23?,24?,25-,26+,27+,28-. The zero-order valence-electron chi connectivity index (χ0n) is 19.8. The normalized spacial score (nSPS) is 44.8. The number of epoxide rings is 2. The van der Waals surface area contributed by atoms with E-state index in [-0.39, 0.29) is 35.9 Å². The smallest absolute Gasteiger partial charge is 0.178 e. The fourth-order valence-electron chi connectivity index (χ4n) is 9.40. The highest BCUT2D eigenvalue weighted by Gasteiger charge is 2.83. The van der Waals surface area contributed by atoms with Crippen molar-refractivity contribution in [2.24, 2.45) is 47.3 Å². The Kier molecular flexibility index (Phi) is 4.59. The molecule has 0 radical (unpaired) electrons. The highest BCUT2D eigenvalue weighted by atomic mass is 32.2. The number of sulfone groups is 2. The van der Waals surface area contributed by atoms with Crippen LogP contribution in [-0.2, 0) is 29.1 Å². The van der Waals surface area contributed by atoms with Crippen LogP contribution in [0.4, 0.5) is 0 Å². The maximum Gasteiger partial charge on any atom is 0.178 e. The van der Waals surface area contributed by atoms with Crippen LogP contribution in [-0.4, -0.2) is 52.8 Å². The minimum Gasteiger partial charge on any atom is -0.369 e. The van der Waals surface area contributed by atoms with E-state index in [0.29, 0.717) is 70.0 Å². The Bertz CT molecular complexity index is 1270. The van der Waals surface area contributed by atoms with E-state index in [9.17, 15) is 16.8 Å². The molecule has 2 saturated heterocycles. The first kappa shape index (κ1) is 22.3. The van der Waals surface area contributed by atoms with E-state index >= 15 is 0 Å². The quantitative estimate of drug-likeness (QED) is 0.491. The van der Waals surface area contributed by atoms with Crippen molar-refractivity contribution in [2.75, 3.05) is 11.5 Å². The predicted molar refractivity (Wildman–Crippen MR) is 131 cm³/mol. The van der Waals surface area contributed by atoms with Crippen LogP contribution < -0.4 is 0 Å². The van der Waals surface area contributed by atoms with Crippen LogP contribution in [0.15, 0.2) is 70.5 Å². The van der Waals surface area contributed by atoms with E-state index < -0.39 is 19.7 Å². The van der Waals surface area contributed by atoms with E-state index in [1.165, 1.54) is 0 Å². The zero-order chi connectivity index (χ0) is 24.4. The van der Waals surface area contributed by atoms with E-state index in [2.05, 4.69) is 0 Å². The van der Waals surface area contributed by atoms with Crippen molar-refractivity contribution in [3.8, 4) is 0 Å². The molecule has 190 valence electrons. The van der Waals surface area contributed by atoms with Gasteiger partial charge in [0.15, 0.2) is 19.7 Å². The summed E-state index contributed by atoms with van der Waals surface area (Å²) in [5.41, 5.74) is 0. The third kappa shape index (κ3) is 3.01. The number of rotatable bonds is 8. The Morgan fingerprint density at radius 3 is 1.17 bits per heavy atom. The average Bonchev–Trinajstić information content (AvgIpc) is 3.71. The van der Waals surface area contributed by atoms with Crippen LogP contribution in [0, 0.1) is 47.3 Å². The van der Waals surface area contributed by atoms with Crippen molar-refractivity contribution in [1.29, 1.82) is 0 Å². The summed E-state index contributed by atoms with van der Waals surface area (Å²) in [5.74, 6) is 3.60. The highest BCUT2D eigenvalue weighted by Crippen LogP contribution is 2.79. The lowest BCUT2D eigenvalue weighted by Gasteiger charge is -2.28. The van der Waals surface area contributed by atoms with Crippen molar-refractivity contribution in [3.63, 3.8) is 0 Å². The molecule has 6 nitrogen and oxygen atoms in total. The molecule has 4 aliphatic carbocycles. The molecule has 12 atom stereocenters. The summed E-state index contributed by atoms with van der Waals surface area (Å²) in [5, 5.41) is 0. The molecular formula is C28H30O6S2. The number of ether oxygens (including phenoxy) is 2. The van der Waals surface area contributed by atoms with Crippen LogP contribution in [0.25, 0.3) is 0 Å². The number of fused-ring (bicyclic) bond motifs is 6. The molecule has 0 spiro atoms. The maximum atomic E-state index is 13.1. The summed E-state index contributed by atoms with van der Waals surface area (Å²) in [7, 11) is -6.65. The van der Waals surface area contributed by atoms with E-state index in [0.717, 1.165) is 0 Å². The molecule has 6 fully saturated rings. The third-order valence-electron chi connectivity index (χ3n) is 10.5. The second-order valence-electron chi connectivity index (χ2n) is 11.8. The van der Waals surface area contributed by atoms with Gasteiger partial charge < -0.3 is 9.47 Å². The van der Waals surface area contributed by atoms with Crippen LogP contribution in [0.5, 0.6) is 0 Å². The van der Waals surface area contributed by atoms with Gasteiger partial charge in [-0.15, -0.1) is 0 Å². The van der Waals surface area contributed by atoms with Crippen molar-refractivity contribution >= 4 is 19.7 Å². The van der Waals surface area contributed by atoms with E-state index in [1.54, 1.807) is 48.5 Å². The fourth-order valence-corrected chi connectivity index (χ4v) is 12.2. The Morgan fingerprint density at radius 1 is 0.500 bits per heavy atom. The van der Waals surface area contributed by atoms with Gasteiger partial charge in [0.05, 0.1) is 45.7 Å². The molecule has 2 heterocycles. The minimum absolute atomic E-state index is 0.164.